The minimum atomic E-state index is -0.599. The third kappa shape index (κ3) is 3.56. The number of benzene rings is 2. The van der Waals surface area contributed by atoms with Gasteiger partial charge < -0.3 is 15.3 Å². The molecule has 0 bridgehead atoms. The normalized spacial score (nSPS) is 10.3. The van der Waals surface area contributed by atoms with Gasteiger partial charge in [-0.1, -0.05) is 17.7 Å². The van der Waals surface area contributed by atoms with Crippen molar-refractivity contribution >= 4 is 17.5 Å². The number of hydrazine groups is 1. The highest BCUT2D eigenvalue weighted by Gasteiger charge is 2.11. The van der Waals surface area contributed by atoms with Gasteiger partial charge in [0.05, 0.1) is 0 Å². The number of aromatic hydroxyl groups is 3. The van der Waals surface area contributed by atoms with E-state index in [1.807, 2.05) is 0 Å². The van der Waals surface area contributed by atoms with Gasteiger partial charge in [0.2, 0.25) is 5.75 Å². The first-order valence-corrected chi connectivity index (χ1v) is 6.38. The van der Waals surface area contributed by atoms with Gasteiger partial charge in [-0.3, -0.25) is 10.2 Å². The van der Waals surface area contributed by atoms with Crippen LogP contribution >= 0.6 is 11.6 Å². The molecule has 0 aromatic heterocycles. The summed E-state index contributed by atoms with van der Waals surface area (Å²) in [5.74, 6) is -1.82. The molecule has 0 saturated heterocycles. The van der Waals surface area contributed by atoms with E-state index in [-0.39, 0.29) is 12.5 Å². The van der Waals surface area contributed by atoms with Crippen molar-refractivity contribution in [1.82, 2.24) is 10.9 Å². The lowest BCUT2D eigenvalue weighted by atomic mass is 10.1. The molecule has 6 nitrogen and oxygen atoms in total. The van der Waals surface area contributed by atoms with E-state index < -0.39 is 17.2 Å². The van der Waals surface area contributed by atoms with Gasteiger partial charge in [0.15, 0.2) is 11.5 Å². The summed E-state index contributed by atoms with van der Waals surface area (Å²) in [6.45, 7) is 0.0685. The van der Waals surface area contributed by atoms with E-state index in [2.05, 4.69) is 10.9 Å². The second kappa shape index (κ2) is 6.34. The van der Waals surface area contributed by atoms with Crippen molar-refractivity contribution in [2.75, 3.05) is 0 Å². The van der Waals surface area contributed by atoms with E-state index >= 15 is 0 Å². The van der Waals surface area contributed by atoms with Gasteiger partial charge in [0, 0.05) is 22.7 Å². The summed E-state index contributed by atoms with van der Waals surface area (Å²) in [4.78, 5) is 11.8. The molecule has 0 heterocycles. The average molecular weight is 309 g/mol. The summed E-state index contributed by atoms with van der Waals surface area (Å²) in [7, 11) is 0. The Balaban J connectivity index is 1.94. The Labute approximate surface area is 125 Å². The van der Waals surface area contributed by atoms with Gasteiger partial charge in [0.1, 0.15) is 0 Å². The highest BCUT2D eigenvalue weighted by Crippen LogP contribution is 2.36. The topological polar surface area (TPSA) is 102 Å². The molecule has 0 radical (unpaired) electrons. The van der Waals surface area contributed by atoms with Crippen molar-refractivity contribution < 1.29 is 20.1 Å². The molecule has 0 saturated carbocycles. The molecule has 0 atom stereocenters. The summed E-state index contributed by atoms with van der Waals surface area (Å²) in [5.41, 5.74) is 5.80. The molecule has 2 aromatic rings. The van der Waals surface area contributed by atoms with Gasteiger partial charge in [-0.05, 0) is 30.3 Å². The van der Waals surface area contributed by atoms with Crippen LogP contribution in [0.4, 0.5) is 0 Å². The number of amides is 1. The summed E-state index contributed by atoms with van der Waals surface area (Å²) in [6, 6.07) is 9.01. The lowest BCUT2D eigenvalue weighted by Crippen LogP contribution is -2.36. The summed E-state index contributed by atoms with van der Waals surface area (Å²) >= 11 is 5.73. The third-order valence-corrected chi connectivity index (χ3v) is 3.05. The van der Waals surface area contributed by atoms with Crippen molar-refractivity contribution in [3.63, 3.8) is 0 Å². The van der Waals surface area contributed by atoms with Crippen LogP contribution in [-0.2, 0) is 6.54 Å². The van der Waals surface area contributed by atoms with Crippen LogP contribution < -0.4 is 10.9 Å². The van der Waals surface area contributed by atoms with Gasteiger partial charge in [0.25, 0.3) is 5.91 Å². The van der Waals surface area contributed by atoms with E-state index in [1.165, 1.54) is 12.1 Å². The lowest BCUT2D eigenvalue weighted by Gasteiger charge is -2.10. The Morgan fingerprint density at radius 3 is 2.33 bits per heavy atom. The number of phenols is 3. The fraction of sp³-hybridized carbons (Fsp3) is 0.0714. The maximum absolute atomic E-state index is 11.8. The zero-order valence-corrected chi connectivity index (χ0v) is 11.6. The minimum absolute atomic E-state index is 0.0685. The standard InChI is InChI=1S/C14H13ClN2O4/c15-10-4-1-8(2-5-10)14(21)17-16-7-9-3-6-11(18)13(20)12(9)19/h1-6,16,18-20H,7H2,(H,17,21). The second-order valence-corrected chi connectivity index (χ2v) is 4.69. The molecule has 1 amide bonds. The number of carbonyl (C=O) groups is 1. The first kappa shape index (κ1) is 15.0. The van der Waals surface area contributed by atoms with Gasteiger partial charge in [-0.2, -0.15) is 0 Å². The molecule has 21 heavy (non-hydrogen) atoms. The molecule has 2 rings (SSSR count). The van der Waals surface area contributed by atoms with Gasteiger partial charge >= 0.3 is 0 Å². The molecule has 0 aliphatic carbocycles. The van der Waals surface area contributed by atoms with Crippen LogP contribution in [0.25, 0.3) is 0 Å². The minimum Gasteiger partial charge on any atom is -0.504 e. The predicted molar refractivity (Wildman–Crippen MR) is 77.2 cm³/mol. The molecular weight excluding hydrogens is 296 g/mol. The number of rotatable bonds is 4. The van der Waals surface area contributed by atoms with Crippen LogP contribution in [0.15, 0.2) is 36.4 Å². The molecule has 0 aliphatic heterocycles. The largest absolute Gasteiger partial charge is 0.504 e. The van der Waals surface area contributed by atoms with Crippen molar-refractivity contribution in [3.8, 4) is 17.2 Å². The number of nitrogens with one attached hydrogen (secondary N) is 2. The van der Waals surface area contributed by atoms with Gasteiger partial charge in [-0.25, -0.2) is 5.43 Å². The van der Waals surface area contributed by atoms with Crippen LogP contribution in [0.5, 0.6) is 17.2 Å². The van der Waals surface area contributed by atoms with E-state index in [4.69, 9.17) is 11.6 Å². The lowest BCUT2D eigenvalue weighted by molar-refractivity contribution is 0.0932. The Hall–Kier alpha value is -2.44. The predicted octanol–water partition coefficient (Wildman–Crippen LogP) is 1.89. The van der Waals surface area contributed by atoms with Crippen molar-refractivity contribution in [2.24, 2.45) is 0 Å². The van der Waals surface area contributed by atoms with Crippen molar-refractivity contribution in [1.29, 1.82) is 0 Å². The Kier molecular flexibility index (Phi) is 4.52. The van der Waals surface area contributed by atoms with Crippen LogP contribution in [0.1, 0.15) is 15.9 Å². The zero-order valence-electron chi connectivity index (χ0n) is 10.8. The molecule has 5 N–H and O–H groups in total. The van der Waals surface area contributed by atoms with Crippen molar-refractivity contribution in [2.45, 2.75) is 6.54 Å². The summed E-state index contributed by atoms with van der Waals surface area (Å²) in [5, 5.41) is 28.7. The quantitative estimate of drug-likeness (QED) is 0.438. The number of halogens is 1. The molecular formula is C14H13ClN2O4. The Bertz CT molecular complexity index is 659. The maximum Gasteiger partial charge on any atom is 0.265 e. The number of hydrogen-bond donors (Lipinski definition) is 5. The smallest absolute Gasteiger partial charge is 0.265 e. The first-order chi connectivity index (χ1) is 9.99. The van der Waals surface area contributed by atoms with Crippen LogP contribution in [0.2, 0.25) is 5.02 Å². The van der Waals surface area contributed by atoms with Gasteiger partial charge in [-0.15, -0.1) is 0 Å². The van der Waals surface area contributed by atoms with E-state index in [1.54, 1.807) is 24.3 Å². The van der Waals surface area contributed by atoms with Crippen LogP contribution in [0.3, 0.4) is 0 Å². The summed E-state index contributed by atoms with van der Waals surface area (Å²) in [6.07, 6.45) is 0. The third-order valence-electron chi connectivity index (χ3n) is 2.80. The van der Waals surface area contributed by atoms with Crippen molar-refractivity contribution in [3.05, 3.63) is 52.5 Å². The molecule has 0 fully saturated rings. The van der Waals surface area contributed by atoms with Crippen LogP contribution in [0, 0.1) is 0 Å². The zero-order chi connectivity index (χ0) is 15.4. The molecule has 0 spiro atoms. The fourth-order valence-corrected chi connectivity index (χ4v) is 1.77. The molecule has 2 aromatic carbocycles. The van der Waals surface area contributed by atoms with Crippen LogP contribution in [-0.4, -0.2) is 21.2 Å². The number of carbonyl (C=O) groups excluding carboxylic acids is 1. The molecule has 0 unspecified atom stereocenters. The number of hydrogen-bond acceptors (Lipinski definition) is 5. The average Bonchev–Trinajstić information content (AvgIpc) is 2.48. The molecule has 110 valence electrons. The fourth-order valence-electron chi connectivity index (χ4n) is 1.65. The van der Waals surface area contributed by atoms with E-state index in [0.717, 1.165) is 0 Å². The van der Waals surface area contributed by atoms with E-state index in [0.29, 0.717) is 16.1 Å². The Morgan fingerprint density at radius 2 is 1.67 bits per heavy atom. The molecule has 7 heteroatoms. The highest BCUT2D eigenvalue weighted by molar-refractivity contribution is 6.30. The number of phenolic OH excluding ortho intramolecular Hbond substituents is 3. The maximum atomic E-state index is 11.8. The first-order valence-electron chi connectivity index (χ1n) is 6.00. The molecule has 0 aliphatic rings. The highest BCUT2D eigenvalue weighted by atomic mass is 35.5. The second-order valence-electron chi connectivity index (χ2n) is 4.26. The Morgan fingerprint density at radius 1 is 1.00 bits per heavy atom. The van der Waals surface area contributed by atoms with E-state index in [9.17, 15) is 20.1 Å². The SMILES string of the molecule is O=C(NNCc1ccc(O)c(O)c1O)c1ccc(Cl)cc1. The monoisotopic (exact) mass is 308 g/mol. The summed E-state index contributed by atoms with van der Waals surface area (Å²) < 4.78 is 0.